The molecule has 0 aliphatic heterocycles. The first-order chi connectivity index (χ1) is 10.0. The lowest BCUT2D eigenvalue weighted by Crippen LogP contribution is -2.19. The van der Waals surface area contributed by atoms with Gasteiger partial charge in [0.2, 0.25) is 0 Å². The number of benzene rings is 1. The lowest BCUT2D eigenvalue weighted by Gasteiger charge is -2.12. The largest absolute Gasteiger partial charge is 0.378 e. The minimum absolute atomic E-state index is 0.279. The van der Waals surface area contributed by atoms with Gasteiger partial charge in [0.15, 0.2) is 5.82 Å². The van der Waals surface area contributed by atoms with Crippen molar-refractivity contribution in [2.24, 2.45) is 0 Å². The maximum atomic E-state index is 13.8. The van der Waals surface area contributed by atoms with Crippen LogP contribution in [-0.4, -0.2) is 48.3 Å². The predicted octanol–water partition coefficient (Wildman–Crippen LogP) is 3.05. The Balaban J connectivity index is 2.13. The molecule has 1 heterocycles. The number of alkyl halides is 1. The molecule has 21 heavy (non-hydrogen) atoms. The first kappa shape index (κ1) is 16.2. The molecule has 0 saturated heterocycles. The number of likely N-dealkylation sites (N-methyl/N-ethyl adjacent to an activating group) is 1. The molecule has 0 aliphatic rings. The molecule has 4 nitrogen and oxygen atoms in total. The van der Waals surface area contributed by atoms with Crippen LogP contribution in [0.5, 0.6) is 0 Å². The smallest absolute Gasteiger partial charge is 0.151 e. The summed E-state index contributed by atoms with van der Waals surface area (Å²) in [6.45, 7) is 4.54. The van der Waals surface area contributed by atoms with E-state index in [2.05, 4.69) is 9.88 Å². The SMILES string of the molecule is CC(Cl)c1nc2c(F)cccc2n1CCOCCN(C)C. The summed E-state index contributed by atoms with van der Waals surface area (Å²) in [6.07, 6.45) is 0. The predicted molar refractivity (Wildman–Crippen MR) is 83.3 cm³/mol. The summed E-state index contributed by atoms with van der Waals surface area (Å²) in [4.78, 5) is 6.39. The second-order valence-electron chi connectivity index (χ2n) is 5.26. The van der Waals surface area contributed by atoms with Crippen LogP contribution < -0.4 is 0 Å². The van der Waals surface area contributed by atoms with Crippen LogP contribution in [0.3, 0.4) is 0 Å². The van der Waals surface area contributed by atoms with E-state index < -0.39 is 0 Å². The standard InChI is InChI=1S/C15H21ClFN3O/c1-11(16)15-18-14-12(17)5-4-6-13(14)20(15)8-10-21-9-7-19(2)3/h4-6,11H,7-10H2,1-3H3. The molecule has 0 aliphatic carbocycles. The zero-order valence-corrected chi connectivity index (χ0v) is 13.4. The van der Waals surface area contributed by atoms with E-state index in [0.717, 1.165) is 12.1 Å². The van der Waals surface area contributed by atoms with Gasteiger partial charge in [-0.05, 0) is 33.2 Å². The van der Waals surface area contributed by atoms with Crippen LogP contribution in [0.4, 0.5) is 4.39 Å². The second kappa shape index (κ2) is 7.20. The third-order valence-electron chi connectivity index (χ3n) is 3.26. The molecular formula is C15H21ClFN3O. The summed E-state index contributed by atoms with van der Waals surface area (Å²) in [6, 6.07) is 4.95. The van der Waals surface area contributed by atoms with Crippen molar-refractivity contribution in [1.82, 2.24) is 14.5 Å². The van der Waals surface area contributed by atoms with Gasteiger partial charge in [0.25, 0.3) is 0 Å². The molecule has 1 aromatic carbocycles. The van der Waals surface area contributed by atoms with Crippen molar-refractivity contribution in [3.05, 3.63) is 29.8 Å². The van der Waals surface area contributed by atoms with E-state index in [0.29, 0.717) is 31.1 Å². The van der Waals surface area contributed by atoms with Crippen LogP contribution in [0, 0.1) is 5.82 Å². The monoisotopic (exact) mass is 313 g/mol. The summed E-state index contributed by atoms with van der Waals surface area (Å²) in [7, 11) is 4.01. The van der Waals surface area contributed by atoms with Gasteiger partial charge in [0.05, 0.1) is 24.1 Å². The van der Waals surface area contributed by atoms with Crippen LogP contribution in [-0.2, 0) is 11.3 Å². The van der Waals surface area contributed by atoms with E-state index in [4.69, 9.17) is 16.3 Å². The van der Waals surface area contributed by atoms with Gasteiger partial charge in [-0.2, -0.15) is 0 Å². The van der Waals surface area contributed by atoms with E-state index in [1.165, 1.54) is 6.07 Å². The highest BCUT2D eigenvalue weighted by Crippen LogP contribution is 2.25. The molecule has 0 amide bonds. The average Bonchev–Trinajstić information content (AvgIpc) is 2.79. The summed E-state index contributed by atoms with van der Waals surface area (Å²) in [5.41, 5.74) is 1.13. The third kappa shape index (κ3) is 3.93. The van der Waals surface area contributed by atoms with Gasteiger partial charge in [-0.15, -0.1) is 11.6 Å². The second-order valence-corrected chi connectivity index (χ2v) is 5.92. The Morgan fingerprint density at radius 3 is 2.81 bits per heavy atom. The quantitative estimate of drug-likeness (QED) is 0.581. The number of rotatable bonds is 7. The normalized spacial score (nSPS) is 13.2. The molecule has 0 fully saturated rings. The average molecular weight is 314 g/mol. The van der Waals surface area contributed by atoms with E-state index in [9.17, 15) is 4.39 Å². The van der Waals surface area contributed by atoms with Gasteiger partial charge >= 0.3 is 0 Å². The van der Waals surface area contributed by atoms with E-state index in [1.807, 2.05) is 31.7 Å². The number of para-hydroxylation sites is 1. The number of ether oxygens (including phenoxy) is 1. The number of hydrogen-bond donors (Lipinski definition) is 0. The Kier molecular flexibility index (Phi) is 5.56. The lowest BCUT2D eigenvalue weighted by molar-refractivity contribution is 0.111. The molecule has 1 unspecified atom stereocenters. The molecule has 0 bridgehead atoms. The third-order valence-corrected chi connectivity index (χ3v) is 3.45. The number of imidazole rings is 1. The fourth-order valence-electron chi connectivity index (χ4n) is 2.17. The Bertz CT molecular complexity index is 598. The molecule has 1 aromatic heterocycles. The number of aromatic nitrogens is 2. The highest BCUT2D eigenvalue weighted by Gasteiger charge is 2.16. The summed E-state index contributed by atoms with van der Waals surface area (Å²) < 4.78 is 21.4. The molecule has 0 spiro atoms. The Morgan fingerprint density at radius 2 is 2.14 bits per heavy atom. The minimum atomic E-state index is -0.321. The summed E-state index contributed by atoms with van der Waals surface area (Å²) >= 11 is 6.16. The fourth-order valence-corrected chi connectivity index (χ4v) is 2.34. The first-order valence-electron chi connectivity index (χ1n) is 7.02. The van der Waals surface area contributed by atoms with Crippen LogP contribution in [0.1, 0.15) is 18.1 Å². The van der Waals surface area contributed by atoms with Crippen LogP contribution in [0.2, 0.25) is 0 Å². The van der Waals surface area contributed by atoms with Gasteiger partial charge in [0.1, 0.15) is 11.3 Å². The summed E-state index contributed by atoms with van der Waals surface area (Å²) in [5, 5.41) is -0.279. The van der Waals surface area contributed by atoms with Crippen molar-refractivity contribution >= 4 is 22.6 Å². The zero-order valence-electron chi connectivity index (χ0n) is 12.6. The summed E-state index contributed by atoms with van der Waals surface area (Å²) in [5.74, 6) is 0.353. The van der Waals surface area contributed by atoms with Gasteiger partial charge < -0.3 is 14.2 Å². The fraction of sp³-hybridized carbons (Fsp3) is 0.533. The van der Waals surface area contributed by atoms with Gasteiger partial charge in [0, 0.05) is 13.1 Å². The maximum absolute atomic E-state index is 13.8. The van der Waals surface area contributed by atoms with Crippen LogP contribution in [0.15, 0.2) is 18.2 Å². The number of fused-ring (bicyclic) bond motifs is 1. The van der Waals surface area contributed by atoms with Crippen molar-refractivity contribution in [1.29, 1.82) is 0 Å². The topological polar surface area (TPSA) is 30.3 Å². The van der Waals surface area contributed by atoms with Gasteiger partial charge in [-0.1, -0.05) is 6.07 Å². The molecule has 0 radical (unpaired) electrons. The maximum Gasteiger partial charge on any atom is 0.151 e. The molecule has 2 aromatic rings. The first-order valence-corrected chi connectivity index (χ1v) is 7.45. The molecule has 0 N–H and O–H groups in total. The molecular weight excluding hydrogens is 293 g/mol. The van der Waals surface area contributed by atoms with E-state index >= 15 is 0 Å². The van der Waals surface area contributed by atoms with E-state index in [-0.39, 0.29) is 11.2 Å². The Morgan fingerprint density at radius 1 is 1.38 bits per heavy atom. The van der Waals surface area contributed by atoms with Crippen LogP contribution >= 0.6 is 11.6 Å². The minimum Gasteiger partial charge on any atom is -0.378 e. The molecule has 116 valence electrons. The van der Waals surface area contributed by atoms with Crippen molar-refractivity contribution in [3.63, 3.8) is 0 Å². The van der Waals surface area contributed by atoms with Crippen LogP contribution in [0.25, 0.3) is 11.0 Å². The lowest BCUT2D eigenvalue weighted by atomic mass is 10.3. The molecule has 1 atom stereocenters. The molecule has 2 rings (SSSR count). The van der Waals surface area contributed by atoms with Crippen molar-refractivity contribution < 1.29 is 9.13 Å². The highest BCUT2D eigenvalue weighted by molar-refractivity contribution is 6.20. The van der Waals surface area contributed by atoms with Gasteiger partial charge in [-0.3, -0.25) is 0 Å². The number of nitrogens with zero attached hydrogens (tertiary/aromatic N) is 3. The molecule has 0 saturated carbocycles. The van der Waals surface area contributed by atoms with Gasteiger partial charge in [-0.25, -0.2) is 9.37 Å². The van der Waals surface area contributed by atoms with Crippen molar-refractivity contribution in [2.75, 3.05) is 33.9 Å². The highest BCUT2D eigenvalue weighted by atomic mass is 35.5. The Labute approximate surface area is 129 Å². The zero-order chi connectivity index (χ0) is 15.4. The number of hydrogen-bond acceptors (Lipinski definition) is 3. The Hall–Kier alpha value is -1.17. The van der Waals surface area contributed by atoms with Crippen molar-refractivity contribution in [2.45, 2.75) is 18.8 Å². The van der Waals surface area contributed by atoms with Crippen molar-refractivity contribution in [3.8, 4) is 0 Å². The van der Waals surface area contributed by atoms with E-state index in [1.54, 1.807) is 6.07 Å². The molecule has 6 heteroatoms. The number of halogens is 2.